The van der Waals surface area contributed by atoms with Crippen LogP contribution in [0.3, 0.4) is 0 Å². The number of benzene rings is 2. The van der Waals surface area contributed by atoms with E-state index in [0.29, 0.717) is 22.7 Å². The fourth-order valence-electron chi connectivity index (χ4n) is 4.65. The van der Waals surface area contributed by atoms with Crippen molar-refractivity contribution in [3.63, 3.8) is 0 Å². The quantitative estimate of drug-likeness (QED) is 0.473. The standard InChI is InChI=1S/C28H43N/c1-21(19-27(3,4)5)17-23-9-13-25(14-10-23)29-26-15-11-24(12-16-26)18-22(2)20-28(6,7)8/h9-16,21-22,29H,17-20H2,1-8H3. The van der Waals surface area contributed by atoms with Gasteiger partial charge in [-0.3, -0.25) is 0 Å². The molecule has 0 radical (unpaired) electrons. The number of hydrogen-bond acceptors (Lipinski definition) is 1. The van der Waals surface area contributed by atoms with Gasteiger partial charge in [0.15, 0.2) is 0 Å². The van der Waals surface area contributed by atoms with Crippen LogP contribution in [-0.2, 0) is 12.8 Å². The third-order valence-corrected chi connectivity index (χ3v) is 5.29. The molecule has 2 rings (SSSR count). The Balaban J connectivity index is 1.88. The molecule has 0 aliphatic carbocycles. The molecular weight excluding hydrogens is 350 g/mol. The average Bonchev–Trinajstić information content (AvgIpc) is 2.55. The highest BCUT2D eigenvalue weighted by Gasteiger charge is 2.16. The van der Waals surface area contributed by atoms with Gasteiger partial charge in [-0.25, -0.2) is 0 Å². The summed E-state index contributed by atoms with van der Waals surface area (Å²) in [5.41, 5.74) is 5.97. The zero-order valence-corrected chi connectivity index (χ0v) is 20.1. The second-order valence-corrected chi connectivity index (χ2v) is 11.7. The van der Waals surface area contributed by atoms with Gasteiger partial charge in [-0.15, -0.1) is 0 Å². The smallest absolute Gasteiger partial charge is 0.0384 e. The van der Waals surface area contributed by atoms with Gasteiger partial charge in [-0.2, -0.15) is 0 Å². The number of rotatable bonds is 8. The first-order chi connectivity index (χ1) is 13.4. The Kier molecular flexibility index (Phi) is 7.97. The van der Waals surface area contributed by atoms with Crippen molar-refractivity contribution in [2.24, 2.45) is 22.7 Å². The van der Waals surface area contributed by atoms with Crippen molar-refractivity contribution >= 4 is 11.4 Å². The lowest BCUT2D eigenvalue weighted by Crippen LogP contribution is -2.12. The van der Waals surface area contributed by atoms with Crippen LogP contribution in [0.5, 0.6) is 0 Å². The molecule has 0 fully saturated rings. The van der Waals surface area contributed by atoms with Crippen LogP contribution in [-0.4, -0.2) is 0 Å². The second-order valence-electron chi connectivity index (χ2n) is 11.7. The Bertz CT molecular complexity index is 660. The Hall–Kier alpha value is -1.76. The molecule has 0 spiro atoms. The molecule has 1 nitrogen and oxygen atoms in total. The number of nitrogens with one attached hydrogen (secondary N) is 1. The van der Waals surface area contributed by atoms with Crippen LogP contribution >= 0.6 is 0 Å². The van der Waals surface area contributed by atoms with Gasteiger partial charge < -0.3 is 5.32 Å². The van der Waals surface area contributed by atoms with Gasteiger partial charge in [0.2, 0.25) is 0 Å². The van der Waals surface area contributed by atoms with Gasteiger partial charge in [0.05, 0.1) is 0 Å². The molecule has 2 aromatic rings. The molecule has 2 unspecified atom stereocenters. The maximum atomic E-state index is 3.54. The summed E-state index contributed by atoms with van der Waals surface area (Å²) in [4.78, 5) is 0. The van der Waals surface area contributed by atoms with Crippen molar-refractivity contribution in [3.05, 3.63) is 59.7 Å². The molecule has 0 amide bonds. The molecule has 0 heterocycles. The van der Waals surface area contributed by atoms with E-state index in [0.717, 1.165) is 24.2 Å². The van der Waals surface area contributed by atoms with E-state index in [-0.39, 0.29) is 0 Å². The van der Waals surface area contributed by atoms with Gasteiger partial charge in [0.1, 0.15) is 0 Å². The first kappa shape index (κ1) is 23.5. The monoisotopic (exact) mass is 393 g/mol. The fourth-order valence-corrected chi connectivity index (χ4v) is 4.65. The van der Waals surface area contributed by atoms with E-state index in [4.69, 9.17) is 0 Å². The van der Waals surface area contributed by atoms with Gasteiger partial charge in [0, 0.05) is 11.4 Å². The summed E-state index contributed by atoms with van der Waals surface area (Å²) >= 11 is 0. The van der Waals surface area contributed by atoms with Crippen LogP contribution < -0.4 is 5.32 Å². The fraction of sp³-hybridized carbons (Fsp3) is 0.571. The largest absolute Gasteiger partial charge is 0.356 e. The van der Waals surface area contributed by atoms with Crippen molar-refractivity contribution in [3.8, 4) is 0 Å². The zero-order chi connectivity index (χ0) is 21.7. The van der Waals surface area contributed by atoms with E-state index in [1.54, 1.807) is 0 Å². The van der Waals surface area contributed by atoms with Crippen molar-refractivity contribution in [2.45, 2.75) is 81.1 Å². The first-order valence-electron chi connectivity index (χ1n) is 11.3. The molecule has 0 aromatic heterocycles. The van der Waals surface area contributed by atoms with E-state index in [2.05, 4.69) is 109 Å². The number of anilines is 2. The summed E-state index contributed by atoms with van der Waals surface area (Å²) in [6.45, 7) is 18.7. The van der Waals surface area contributed by atoms with Gasteiger partial charge in [-0.05, 0) is 83.7 Å². The molecular formula is C28H43N. The first-order valence-corrected chi connectivity index (χ1v) is 11.3. The van der Waals surface area contributed by atoms with Gasteiger partial charge in [0.25, 0.3) is 0 Å². The molecule has 0 aliphatic rings. The highest BCUT2D eigenvalue weighted by atomic mass is 14.9. The van der Waals surface area contributed by atoms with Gasteiger partial charge in [-0.1, -0.05) is 79.7 Å². The van der Waals surface area contributed by atoms with E-state index in [1.807, 2.05) is 0 Å². The minimum atomic E-state index is 0.400. The lowest BCUT2D eigenvalue weighted by Gasteiger charge is -2.23. The molecule has 2 atom stereocenters. The summed E-state index contributed by atoms with van der Waals surface area (Å²) < 4.78 is 0. The molecule has 0 saturated heterocycles. The Morgan fingerprint density at radius 2 is 0.897 bits per heavy atom. The Morgan fingerprint density at radius 1 is 0.586 bits per heavy atom. The second kappa shape index (κ2) is 9.83. The Morgan fingerprint density at radius 3 is 1.17 bits per heavy atom. The van der Waals surface area contributed by atoms with Crippen molar-refractivity contribution in [1.82, 2.24) is 0 Å². The predicted molar refractivity (Wildman–Crippen MR) is 130 cm³/mol. The molecule has 0 bridgehead atoms. The van der Waals surface area contributed by atoms with Crippen LogP contribution in [0.25, 0.3) is 0 Å². The summed E-state index contributed by atoms with van der Waals surface area (Å²) in [7, 11) is 0. The van der Waals surface area contributed by atoms with Crippen molar-refractivity contribution < 1.29 is 0 Å². The van der Waals surface area contributed by atoms with Crippen LogP contribution in [0, 0.1) is 22.7 Å². The third-order valence-electron chi connectivity index (χ3n) is 5.29. The average molecular weight is 394 g/mol. The normalized spacial score (nSPS) is 14.5. The summed E-state index contributed by atoms with van der Waals surface area (Å²) in [5.74, 6) is 1.42. The third kappa shape index (κ3) is 9.52. The molecule has 1 N–H and O–H groups in total. The van der Waals surface area contributed by atoms with Crippen molar-refractivity contribution in [2.75, 3.05) is 5.32 Å². The predicted octanol–water partition coefficient (Wildman–Crippen LogP) is 8.66. The van der Waals surface area contributed by atoms with E-state index < -0.39 is 0 Å². The molecule has 2 aromatic carbocycles. The highest BCUT2D eigenvalue weighted by molar-refractivity contribution is 5.60. The van der Waals surface area contributed by atoms with E-state index >= 15 is 0 Å². The van der Waals surface area contributed by atoms with Gasteiger partial charge >= 0.3 is 0 Å². The number of hydrogen-bond donors (Lipinski definition) is 1. The summed E-state index contributed by atoms with van der Waals surface area (Å²) in [5, 5.41) is 3.54. The van der Waals surface area contributed by atoms with Crippen LogP contribution in [0.2, 0.25) is 0 Å². The molecule has 0 saturated carbocycles. The maximum absolute atomic E-state index is 3.54. The lowest BCUT2D eigenvalue weighted by atomic mass is 9.83. The highest BCUT2D eigenvalue weighted by Crippen LogP contribution is 2.28. The minimum absolute atomic E-state index is 0.400. The van der Waals surface area contributed by atoms with E-state index in [1.165, 1.54) is 24.0 Å². The van der Waals surface area contributed by atoms with Crippen LogP contribution in [0.4, 0.5) is 11.4 Å². The summed E-state index contributed by atoms with van der Waals surface area (Å²) in [6.07, 6.45) is 4.82. The van der Waals surface area contributed by atoms with Crippen LogP contribution in [0.1, 0.15) is 79.4 Å². The minimum Gasteiger partial charge on any atom is -0.356 e. The molecule has 29 heavy (non-hydrogen) atoms. The van der Waals surface area contributed by atoms with E-state index in [9.17, 15) is 0 Å². The Labute approximate surface area is 180 Å². The SMILES string of the molecule is CC(Cc1ccc(Nc2ccc(CC(C)CC(C)(C)C)cc2)cc1)CC(C)(C)C. The topological polar surface area (TPSA) is 12.0 Å². The van der Waals surface area contributed by atoms with Crippen LogP contribution in [0.15, 0.2) is 48.5 Å². The molecule has 0 aliphatic heterocycles. The summed E-state index contributed by atoms with van der Waals surface area (Å²) in [6, 6.07) is 17.9. The molecule has 1 heteroatoms. The molecule has 160 valence electrons. The lowest BCUT2D eigenvalue weighted by molar-refractivity contribution is 0.306. The maximum Gasteiger partial charge on any atom is 0.0384 e. The zero-order valence-electron chi connectivity index (χ0n) is 20.1. The van der Waals surface area contributed by atoms with Crippen molar-refractivity contribution in [1.29, 1.82) is 0 Å².